The Morgan fingerprint density at radius 2 is 2.21 bits per heavy atom. The summed E-state index contributed by atoms with van der Waals surface area (Å²) in [5.74, 6) is 1.32. The molecule has 1 aromatic heterocycles. The third-order valence-corrected chi connectivity index (χ3v) is 4.13. The van der Waals surface area contributed by atoms with Crippen molar-refractivity contribution in [2.24, 2.45) is 5.92 Å². The molecule has 24 heavy (non-hydrogen) atoms. The third kappa shape index (κ3) is 4.19. The number of hydrogen-bond donors (Lipinski definition) is 2. The van der Waals surface area contributed by atoms with Crippen molar-refractivity contribution < 1.29 is 9.53 Å². The molecule has 0 unspecified atom stereocenters. The fourth-order valence-electron chi connectivity index (χ4n) is 3.06. The smallest absolute Gasteiger partial charge is 0.407 e. The van der Waals surface area contributed by atoms with Gasteiger partial charge in [0, 0.05) is 19.6 Å². The molecule has 1 fully saturated rings. The van der Waals surface area contributed by atoms with Gasteiger partial charge in [0.25, 0.3) is 0 Å². The van der Waals surface area contributed by atoms with E-state index in [9.17, 15) is 4.79 Å². The largest absolute Gasteiger partial charge is 0.444 e. The SMILES string of the molecule is CC(C)(C)OC(=O)NC[C@H]1CCCN(c2nc3ccccc3[nH]2)C1. The predicted octanol–water partition coefficient (Wildman–Crippen LogP) is 3.30. The van der Waals surface area contributed by atoms with Crippen LogP contribution in [0.1, 0.15) is 33.6 Å². The van der Waals surface area contributed by atoms with Crippen LogP contribution in [0.15, 0.2) is 24.3 Å². The number of aromatic amines is 1. The van der Waals surface area contributed by atoms with Gasteiger partial charge in [-0.25, -0.2) is 9.78 Å². The molecule has 1 saturated heterocycles. The number of aromatic nitrogens is 2. The molecular weight excluding hydrogens is 304 g/mol. The van der Waals surface area contributed by atoms with E-state index in [1.165, 1.54) is 0 Å². The zero-order chi connectivity index (χ0) is 17.2. The molecule has 0 aliphatic carbocycles. The number of hydrogen-bond acceptors (Lipinski definition) is 4. The van der Waals surface area contributed by atoms with Gasteiger partial charge >= 0.3 is 6.09 Å². The molecule has 3 rings (SSSR count). The second-order valence-electron chi connectivity index (χ2n) is 7.41. The Labute approximate surface area is 142 Å². The first kappa shape index (κ1) is 16.6. The van der Waals surface area contributed by atoms with Crippen LogP contribution in [0.2, 0.25) is 0 Å². The Bertz CT molecular complexity index is 671. The number of ether oxygens (including phenoxy) is 1. The van der Waals surface area contributed by atoms with Gasteiger partial charge in [0.05, 0.1) is 11.0 Å². The summed E-state index contributed by atoms with van der Waals surface area (Å²) in [7, 11) is 0. The second kappa shape index (κ2) is 6.71. The van der Waals surface area contributed by atoms with Gasteiger partial charge in [-0.15, -0.1) is 0 Å². The molecule has 0 bridgehead atoms. The molecule has 2 N–H and O–H groups in total. The average Bonchev–Trinajstić information content (AvgIpc) is 2.96. The van der Waals surface area contributed by atoms with Crippen molar-refractivity contribution in [1.82, 2.24) is 15.3 Å². The van der Waals surface area contributed by atoms with Gasteiger partial charge in [-0.2, -0.15) is 0 Å². The zero-order valence-corrected chi connectivity index (χ0v) is 14.6. The normalized spacial score (nSPS) is 18.6. The number of nitrogens with one attached hydrogen (secondary N) is 2. The summed E-state index contributed by atoms with van der Waals surface area (Å²) in [6.45, 7) is 8.12. The molecule has 0 saturated carbocycles. The summed E-state index contributed by atoms with van der Waals surface area (Å²) in [5, 5.41) is 2.89. The summed E-state index contributed by atoms with van der Waals surface area (Å²) in [4.78, 5) is 22.1. The van der Waals surface area contributed by atoms with Gasteiger partial charge in [0.1, 0.15) is 5.60 Å². The van der Waals surface area contributed by atoms with Crippen molar-refractivity contribution in [3.05, 3.63) is 24.3 Å². The van der Waals surface area contributed by atoms with E-state index < -0.39 is 5.60 Å². The molecular formula is C18H26N4O2. The highest BCUT2D eigenvalue weighted by Crippen LogP contribution is 2.23. The molecule has 0 radical (unpaired) electrons. The monoisotopic (exact) mass is 330 g/mol. The van der Waals surface area contributed by atoms with Crippen LogP contribution < -0.4 is 10.2 Å². The van der Waals surface area contributed by atoms with Crippen molar-refractivity contribution in [3.8, 4) is 0 Å². The number of H-pyrrole nitrogens is 1. The number of alkyl carbamates (subject to hydrolysis) is 1. The Balaban J connectivity index is 1.57. The van der Waals surface area contributed by atoms with Crippen LogP contribution >= 0.6 is 0 Å². The first-order valence-corrected chi connectivity index (χ1v) is 8.57. The number of imidazole rings is 1. The number of nitrogens with zero attached hydrogens (tertiary/aromatic N) is 2. The highest BCUT2D eigenvalue weighted by Gasteiger charge is 2.23. The van der Waals surface area contributed by atoms with Crippen molar-refractivity contribution in [3.63, 3.8) is 0 Å². The molecule has 1 amide bonds. The molecule has 6 nitrogen and oxygen atoms in total. The molecule has 1 aromatic carbocycles. The number of amides is 1. The van der Waals surface area contributed by atoms with E-state index >= 15 is 0 Å². The minimum atomic E-state index is -0.461. The Morgan fingerprint density at radius 1 is 1.42 bits per heavy atom. The van der Waals surface area contributed by atoms with Crippen LogP contribution in [0.4, 0.5) is 10.7 Å². The maximum atomic E-state index is 11.8. The standard InChI is InChI=1S/C18H26N4O2/c1-18(2,3)24-17(23)19-11-13-7-6-10-22(12-13)16-20-14-8-4-5-9-15(14)21-16/h4-5,8-9,13H,6-7,10-12H2,1-3H3,(H,19,23)(H,20,21)/t13-/m1/s1. The van der Waals surface area contributed by atoms with Crippen LogP contribution in [0, 0.1) is 5.92 Å². The fourth-order valence-corrected chi connectivity index (χ4v) is 3.06. The highest BCUT2D eigenvalue weighted by molar-refractivity contribution is 5.77. The van der Waals surface area contributed by atoms with Gasteiger partial charge in [-0.1, -0.05) is 12.1 Å². The van der Waals surface area contributed by atoms with E-state index in [2.05, 4.69) is 20.2 Å². The molecule has 1 atom stereocenters. The molecule has 130 valence electrons. The number of benzene rings is 1. The lowest BCUT2D eigenvalue weighted by Crippen LogP contribution is -2.42. The number of rotatable bonds is 3. The molecule has 2 heterocycles. The lowest BCUT2D eigenvalue weighted by Gasteiger charge is -2.32. The van der Waals surface area contributed by atoms with Crippen LogP contribution in [-0.2, 0) is 4.74 Å². The quantitative estimate of drug-likeness (QED) is 0.906. The highest BCUT2D eigenvalue weighted by atomic mass is 16.6. The summed E-state index contributed by atoms with van der Waals surface area (Å²) < 4.78 is 5.30. The number of carbonyl (C=O) groups excluding carboxylic acids is 1. The van der Waals surface area contributed by atoms with Crippen molar-refractivity contribution in [2.45, 2.75) is 39.2 Å². The topological polar surface area (TPSA) is 70.2 Å². The zero-order valence-electron chi connectivity index (χ0n) is 14.6. The van der Waals surface area contributed by atoms with Crippen molar-refractivity contribution >= 4 is 23.1 Å². The summed E-state index contributed by atoms with van der Waals surface area (Å²) in [6.07, 6.45) is 1.85. The first-order chi connectivity index (χ1) is 11.4. The molecule has 1 aliphatic heterocycles. The first-order valence-electron chi connectivity index (χ1n) is 8.57. The molecule has 0 spiro atoms. The van der Waals surface area contributed by atoms with Gasteiger partial charge in [-0.3, -0.25) is 0 Å². The van der Waals surface area contributed by atoms with E-state index in [1.54, 1.807) is 0 Å². The van der Waals surface area contributed by atoms with E-state index in [0.29, 0.717) is 12.5 Å². The fraction of sp³-hybridized carbons (Fsp3) is 0.556. The van der Waals surface area contributed by atoms with E-state index in [1.807, 2.05) is 45.0 Å². The maximum Gasteiger partial charge on any atom is 0.407 e. The summed E-state index contributed by atoms with van der Waals surface area (Å²) in [5.41, 5.74) is 1.58. The number of piperidine rings is 1. The lowest BCUT2D eigenvalue weighted by atomic mass is 9.98. The van der Waals surface area contributed by atoms with Gasteiger partial charge in [0.15, 0.2) is 0 Å². The molecule has 2 aromatic rings. The van der Waals surface area contributed by atoms with Crippen molar-refractivity contribution in [2.75, 3.05) is 24.5 Å². The van der Waals surface area contributed by atoms with Crippen molar-refractivity contribution in [1.29, 1.82) is 0 Å². The van der Waals surface area contributed by atoms with Crippen LogP contribution in [0.3, 0.4) is 0 Å². The number of anilines is 1. The average molecular weight is 330 g/mol. The number of fused-ring (bicyclic) bond motifs is 1. The van der Waals surface area contributed by atoms with E-state index in [-0.39, 0.29) is 6.09 Å². The lowest BCUT2D eigenvalue weighted by molar-refractivity contribution is 0.0517. The summed E-state index contributed by atoms with van der Waals surface area (Å²) in [6, 6.07) is 8.06. The van der Waals surface area contributed by atoms with Gasteiger partial charge in [-0.05, 0) is 51.7 Å². The van der Waals surface area contributed by atoms with E-state index in [4.69, 9.17) is 4.74 Å². The second-order valence-corrected chi connectivity index (χ2v) is 7.41. The van der Waals surface area contributed by atoms with E-state index in [0.717, 1.165) is 42.9 Å². The minimum Gasteiger partial charge on any atom is -0.444 e. The van der Waals surface area contributed by atoms with Crippen LogP contribution in [0.5, 0.6) is 0 Å². The maximum absolute atomic E-state index is 11.8. The van der Waals surface area contributed by atoms with Gasteiger partial charge < -0.3 is 19.9 Å². The minimum absolute atomic E-state index is 0.344. The number of para-hydroxylation sites is 2. The van der Waals surface area contributed by atoms with Gasteiger partial charge in [0.2, 0.25) is 5.95 Å². The molecule has 6 heteroatoms. The molecule has 1 aliphatic rings. The summed E-state index contributed by atoms with van der Waals surface area (Å²) >= 11 is 0. The third-order valence-electron chi connectivity index (χ3n) is 4.13. The van der Waals surface area contributed by atoms with Crippen LogP contribution in [0.25, 0.3) is 11.0 Å². The number of carbonyl (C=O) groups is 1. The Morgan fingerprint density at radius 3 is 2.96 bits per heavy atom. The van der Waals surface area contributed by atoms with Crippen LogP contribution in [-0.4, -0.2) is 41.3 Å². The Hall–Kier alpha value is -2.24. The Kier molecular flexibility index (Phi) is 4.64. The predicted molar refractivity (Wildman–Crippen MR) is 95.3 cm³/mol.